The normalized spacial score (nSPS) is 9.79. The van der Waals surface area contributed by atoms with Crippen molar-refractivity contribution in [3.8, 4) is 6.07 Å². The third kappa shape index (κ3) is 3.44. The SMILES string of the molecule is N#CCCNCc1ccc(Br)cc1F. The van der Waals surface area contributed by atoms with Crippen LogP contribution >= 0.6 is 15.9 Å². The Morgan fingerprint density at radius 1 is 1.50 bits per heavy atom. The number of halogens is 2. The molecule has 0 fully saturated rings. The zero-order chi connectivity index (χ0) is 10.4. The Bertz CT molecular complexity index is 346. The van der Waals surface area contributed by atoms with Crippen molar-refractivity contribution >= 4 is 15.9 Å². The molecule has 0 spiro atoms. The van der Waals surface area contributed by atoms with Gasteiger partial charge in [0.25, 0.3) is 0 Å². The summed E-state index contributed by atoms with van der Waals surface area (Å²) < 4.78 is 14.0. The summed E-state index contributed by atoms with van der Waals surface area (Å²) in [4.78, 5) is 0. The van der Waals surface area contributed by atoms with Crippen molar-refractivity contribution in [1.82, 2.24) is 5.32 Å². The van der Waals surface area contributed by atoms with Gasteiger partial charge in [-0.05, 0) is 12.1 Å². The van der Waals surface area contributed by atoms with Crippen LogP contribution in [0, 0.1) is 17.1 Å². The highest BCUT2D eigenvalue weighted by atomic mass is 79.9. The molecule has 0 aromatic heterocycles. The highest BCUT2D eigenvalue weighted by Crippen LogP contribution is 2.14. The fourth-order valence-corrected chi connectivity index (χ4v) is 1.37. The molecular weight excluding hydrogens is 247 g/mol. The third-order valence-electron chi connectivity index (χ3n) is 1.74. The molecule has 1 N–H and O–H groups in total. The smallest absolute Gasteiger partial charge is 0.128 e. The number of rotatable bonds is 4. The van der Waals surface area contributed by atoms with E-state index >= 15 is 0 Å². The first kappa shape index (κ1) is 11.2. The van der Waals surface area contributed by atoms with Gasteiger partial charge in [0.15, 0.2) is 0 Å². The Balaban J connectivity index is 2.47. The number of nitrogens with zero attached hydrogens (tertiary/aromatic N) is 1. The minimum atomic E-state index is -0.233. The highest BCUT2D eigenvalue weighted by molar-refractivity contribution is 9.10. The maximum atomic E-state index is 13.2. The van der Waals surface area contributed by atoms with E-state index in [9.17, 15) is 4.39 Å². The van der Waals surface area contributed by atoms with Crippen molar-refractivity contribution < 1.29 is 4.39 Å². The molecule has 0 bridgehead atoms. The van der Waals surface area contributed by atoms with Gasteiger partial charge >= 0.3 is 0 Å². The molecule has 1 aromatic rings. The van der Waals surface area contributed by atoms with Crippen LogP contribution in [-0.2, 0) is 6.54 Å². The number of hydrogen-bond donors (Lipinski definition) is 1. The molecule has 1 aromatic carbocycles. The van der Waals surface area contributed by atoms with Crippen LogP contribution in [0.2, 0.25) is 0 Å². The second-order valence-electron chi connectivity index (χ2n) is 2.82. The monoisotopic (exact) mass is 256 g/mol. The molecule has 74 valence electrons. The Morgan fingerprint density at radius 3 is 2.93 bits per heavy atom. The van der Waals surface area contributed by atoms with E-state index in [-0.39, 0.29) is 5.82 Å². The van der Waals surface area contributed by atoms with E-state index in [1.165, 1.54) is 6.07 Å². The van der Waals surface area contributed by atoms with Gasteiger partial charge in [-0.2, -0.15) is 5.26 Å². The lowest BCUT2D eigenvalue weighted by Gasteiger charge is -2.04. The van der Waals surface area contributed by atoms with E-state index in [4.69, 9.17) is 5.26 Å². The van der Waals surface area contributed by atoms with Gasteiger partial charge in [0, 0.05) is 29.5 Å². The molecule has 0 aliphatic heterocycles. The first-order valence-electron chi connectivity index (χ1n) is 4.25. The van der Waals surface area contributed by atoms with E-state index in [0.717, 1.165) is 4.47 Å². The van der Waals surface area contributed by atoms with Crippen LogP contribution in [0.15, 0.2) is 22.7 Å². The lowest BCUT2D eigenvalue weighted by atomic mass is 10.2. The van der Waals surface area contributed by atoms with Crippen LogP contribution in [0.25, 0.3) is 0 Å². The molecule has 0 radical (unpaired) electrons. The molecule has 2 nitrogen and oxygen atoms in total. The minimum Gasteiger partial charge on any atom is -0.312 e. The largest absolute Gasteiger partial charge is 0.312 e. The van der Waals surface area contributed by atoms with Crippen LogP contribution in [0.3, 0.4) is 0 Å². The fraction of sp³-hybridized carbons (Fsp3) is 0.300. The van der Waals surface area contributed by atoms with E-state index < -0.39 is 0 Å². The van der Waals surface area contributed by atoms with Gasteiger partial charge in [-0.1, -0.05) is 22.0 Å². The number of hydrogen-bond acceptors (Lipinski definition) is 2. The summed E-state index contributed by atoms with van der Waals surface area (Å²) in [6.45, 7) is 1.05. The van der Waals surface area contributed by atoms with Gasteiger partial charge in [0.05, 0.1) is 6.07 Å². The van der Waals surface area contributed by atoms with Crippen molar-refractivity contribution in [2.24, 2.45) is 0 Å². The summed E-state index contributed by atoms with van der Waals surface area (Å²) in [7, 11) is 0. The molecule has 0 heterocycles. The molecule has 1 rings (SSSR count). The maximum absolute atomic E-state index is 13.2. The zero-order valence-corrected chi connectivity index (χ0v) is 9.14. The third-order valence-corrected chi connectivity index (χ3v) is 2.24. The molecule has 0 saturated carbocycles. The summed E-state index contributed by atoms with van der Waals surface area (Å²) in [6.07, 6.45) is 0.443. The van der Waals surface area contributed by atoms with E-state index in [2.05, 4.69) is 21.2 Å². The molecule has 0 aliphatic carbocycles. The predicted octanol–water partition coefficient (Wildman–Crippen LogP) is 2.59. The minimum absolute atomic E-state index is 0.233. The van der Waals surface area contributed by atoms with Crippen LogP contribution in [0.1, 0.15) is 12.0 Å². The van der Waals surface area contributed by atoms with E-state index in [0.29, 0.717) is 25.1 Å². The van der Waals surface area contributed by atoms with Gasteiger partial charge < -0.3 is 5.32 Å². The Kier molecular flexibility index (Phi) is 4.57. The topological polar surface area (TPSA) is 35.8 Å². The average molecular weight is 257 g/mol. The summed E-state index contributed by atoms with van der Waals surface area (Å²) in [6, 6.07) is 6.96. The van der Waals surface area contributed by atoms with E-state index in [1.807, 2.05) is 6.07 Å². The molecule has 0 atom stereocenters. The molecule has 14 heavy (non-hydrogen) atoms. The lowest BCUT2D eigenvalue weighted by molar-refractivity contribution is 0.589. The Morgan fingerprint density at radius 2 is 2.29 bits per heavy atom. The number of nitrogens with one attached hydrogen (secondary N) is 1. The Hall–Kier alpha value is -0.920. The van der Waals surface area contributed by atoms with Crippen molar-refractivity contribution in [1.29, 1.82) is 5.26 Å². The van der Waals surface area contributed by atoms with Crippen LogP contribution in [0.4, 0.5) is 4.39 Å². The first-order chi connectivity index (χ1) is 6.74. The molecule has 0 unspecified atom stereocenters. The Labute approximate surface area is 90.9 Å². The molecule has 0 aliphatic rings. The molecular formula is C10H10BrFN2. The van der Waals surface area contributed by atoms with Gasteiger partial charge in [0.1, 0.15) is 5.82 Å². The van der Waals surface area contributed by atoms with Crippen LogP contribution < -0.4 is 5.32 Å². The molecule has 0 saturated heterocycles. The summed E-state index contributed by atoms with van der Waals surface area (Å²) >= 11 is 3.19. The predicted molar refractivity (Wildman–Crippen MR) is 56.0 cm³/mol. The standard InChI is InChI=1S/C10H10BrFN2/c11-9-3-2-8(10(12)6-9)7-14-5-1-4-13/h2-3,6,14H,1,5,7H2. The van der Waals surface area contributed by atoms with Gasteiger partial charge in [-0.15, -0.1) is 0 Å². The summed E-state index contributed by atoms with van der Waals surface area (Å²) in [5.41, 5.74) is 0.617. The van der Waals surface area contributed by atoms with Crippen LogP contribution in [-0.4, -0.2) is 6.54 Å². The van der Waals surface area contributed by atoms with Gasteiger partial charge in [-0.3, -0.25) is 0 Å². The number of nitriles is 1. The first-order valence-corrected chi connectivity index (χ1v) is 5.05. The van der Waals surface area contributed by atoms with Crippen molar-refractivity contribution in [2.45, 2.75) is 13.0 Å². The zero-order valence-electron chi connectivity index (χ0n) is 7.56. The average Bonchev–Trinajstić information content (AvgIpc) is 2.15. The fourth-order valence-electron chi connectivity index (χ4n) is 1.03. The van der Waals surface area contributed by atoms with Crippen LogP contribution in [0.5, 0.6) is 0 Å². The lowest BCUT2D eigenvalue weighted by Crippen LogP contribution is -2.15. The van der Waals surface area contributed by atoms with E-state index in [1.54, 1.807) is 12.1 Å². The second-order valence-corrected chi connectivity index (χ2v) is 3.74. The van der Waals surface area contributed by atoms with Crippen molar-refractivity contribution in [3.05, 3.63) is 34.1 Å². The van der Waals surface area contributed by atoms with Gasteiger partial charge in [0.2, 0.25) is 0 Å². The summed E-state index contributed by atoms with van der Waals surface area (Å²) in [5.74, 6) is -0.233. The van der Waals surface area contributed by atoms with Crippen molar-refractivity contribution in [2.75, 3.05) is 6.54 Å². The quantitative estimate of drug-likeness (QED) is 0.841. The summed E-state index contributed by atoms with van der Waals surface area (Å²) in [5, 5.41) is 11.3. The maximum Gasteiger partial charge on any atom is 0.128 e. The highest BCUT2D eigenvalue weighted by Gasteiger charge is 2.01. The number of benzene rings is 1. The van der Waals surface area contributed by atoms with Gasteiger partial charge in [-0.25, -0.2) is 4.39 Å². The second kappa shape index (κ2) is 5.74. The van der Waals surface area contributed by atoms with Crippen molar-refractivity contribution in [3.63, 3.8) is 0 Å². The molecule has 4 heteroatoms. The molecule has 0 amide bonds.